The third kappa shape index (κ3) is 3.70. The smallest absolute Gasteiger partial charge is 0.343 e. The zero-order valence-corrected chi connectivity index (χ0v) is 15.2. The summed E-state index contributed by atoms with van der Waals surface area (Å²) in [6.07, 6.45) is 0.378. The van der Waals surface area contributed by atoms with E-state index in [1.165, 1.54) is 27.2 Å². The number of nitrogens with zero attached hydrogens (tertiary/aromatic N) is 5. The molecule has 2 rings (SSSR count). The summed E-state index contributed by atoms with van der Waals surface area (Å²) in [6.45, 7) is 4.80. The minimum Gasteiger partial charge on any atom is -0.493 e. The van der Waals surface area contributed by atoms with E-state index in [1.807, 2.05) is 6.07 Å². The summed E-state index contributed by atoms with van der Waals surface area (Å²) >= 11 is 0. The molecule has 2 aromatic rings. The first kappa shape index (κ1) is 19.8. The van der Waals surface area contributed by atoms with Crippen LogP contribution in [-0.2, 0) is 9.47 Å². The van der Waals surface area contributed by atoms with Crippen molar-refractivity contribution < 1.29 is 19.4 Å². The molecule has 27 heavy (non-hydrogen) atoms. The van der Waals surface area contributed by atoms with Crippen molar-refractivity contribution in [2.75, 3.05) is 13.7 Å². The lowest BCUT2D eigenvalue weighted by molar-refractivity contribution is 0.0509. The van der Waals surface area contributed by atoms with E-state index in [2.05, 4.69) is 20.4 Å². The van der Waals surface area contributed by atoms with E-state index < -0.39 is 23.6 Å². The van der Waals surface area contributed by atoms with Crippen LogP contribution in [0.2, 0.25) is 0 Å². The molecule has 2 N–H and O–H groups in total. The maximum atomic E-state index is 12.7. The zero-order chi connectivity index (χ0) is 20.1. The Morgan fingerprint density at radius 3 is 2.81 bits per heavy atom. The molecule has 2 aromatic heterocycles. The highest BCUT2D eigenvalue weighted by Crippen LogP contribution is 2.29. The van der Waals surface area contributed by atoms with Crippen LogP contribution in [0.3, 0.4) is 0 Å². The highest BCUT2D eigenvalue weighted by Gasteiger charge is 2.22. The van der Waals surface area contributed by atoms with Crippen LogP contribution in [0.5, 0.6) is 5.88 Å². The highest BCUT2D eigenvalue weighted by atomic mass is 16.5. The summed E-state index contributed by atoms with van der Waals surface area (Å²) in [7, 11) is 1.35. The number of methoxy groups -OCH3 is 1. The molecule has 11 nitrogen and oxygen atoms in total. The van der Waals surface area contributed by atoms with Gasteiger partial charge in [-0.3, -0.25) is 9.89 Å². The number of pyridine rings is 1. The Labute approximate surface area is 153 Å². The van der Waals surface area contributed by atoms with Crippen molar-refractivity contribution in [3.63, 3.8) is 0 Å². The van der Waals surface area contributed by atoms with Crippen LogP contribution >= 0.6 is 0 Å². The maximum Gasteiger partial charge on any atom is 0.343 e. The van der Waals surface area contributed by atoms with Crippen LogP contribution in [0.1, 0.15) is 41.6 Å². The number of aromatic hydroxyl groups is 1. The van der Waals surface area contributed by atoms with Gasteiger partial charge in [0.1, 0.15) is 23.4 Å². The molecular formula is C16H18N6O5. The van der Waals surface area contributed by atoms with Crippen LogP contribution in [-0.4, -0.2) is 39.6 Å². The number of esters is 1. The van der Waals surface area contributed by atoms with Crippen molar-refractivity contribution in [3.05, 3.63) is 33.2 Å². The zero-order valence-electron chi connectivity index (χ0n) is 15.2. The SMILES string of the molecule is CCOC(=O)c1cn[nH]c1N=Nc1c(C)c(C#N)c(O)n(C(C)OC)c1=O. The molecule has 0 bridgehead atoms. The third-order valence-electron chi connectivity index (χ3n) is 3.78. The molecular weight excluding hydrogens is 356 g/mol. The Kier molecular flexibility index (Phi) is 6.04. The Hall–Kier alpha value is -3.52. The van der Waals surface area contributed by atoms with E-state index in [1.54, 1.807) is 6.92 Å². The highest BCUT2D eigenvalue weighted by molar-refractivity contribution is 5.93. The second kappa shape index (κ2) is 8.24. The van der Waals surface area contributed by atoms with Gasteiger partial charge in [-0.05, 0) is 20.8 Å². The first-order chi connectivity index (χ1) is 12.9. The Bertz CT molecular complexity index is 984. The van der Waals surface area contributed by atoms with Gasteiger partial charge >= 0.3 is 5.97 Å². The minimum atomic E-state index is -0.846. The van der Waals surface area contributed by atoms with E-state index >= 15 is 0 Å². The Morgan fingerprint density at radius 1 is 1.52 bits per heavy atom. The second-order valence-electron chi connectivity index (χ2n) is 5.35. The molecule has 0 radical (unpaired) electrons. The Balaban J connectivity index is 2.60. The van der Waals surface area contributed by atoms with Gasteiger partial charge in [0.05, 0.1) is 12.8 Å². The predicted octanol–water partition coefficient (Wildman–Crippen LogP) is 2.21. The van der Waals surface area contributed by atoms with Crippen molar-refractivity contribution in [1.82, 2.24) is 14.8 Å². The average molecular weight is 374 g/mol. The lowest BCUT2D eigenvalue weighted by Crippen LogP contribution is -2.25. The number of nitrogens with one attached hydrogen (secondary N) is 1. The number of carbonyl (C=O) groups is 1. The number of aromatic nitrogens is 3. The molecule has 0 saturated carbocycles. The van der Waals surface area contributed by atoms with Crippen LogP contribution in [0.4, 0.5) is 11.5 Å². The van der Waals surface area contributed by atoms with Gasteiger partial charge in [-0.15, -0.1) is 10.2 Å². The van der Waals surface area contributed by atoms with Gasteiger partial charge in [-0.25, -0.2) is 9.36 Å². The van der Waals surface area contributed by atoms with E-state index in [0.717, 1.165) is 4.57 Å². The summed E-state index contributed by atoms with van der Waals surface area (Å²) in [5.74, 6) is -1.18. The summed E-state index contributed by atoms with van der Waals surface area (Å²) in [4.78, 5) is 24.6. The molecule has 0 spiro atoms. The van der Waals surface area contributed by atoms with Gasteiger partial charge in [-0.2, -0.15) is 10.4 Å². The molecule has 11 heteroatoms. The van der Waals surface area contributed by atoms with Gasteiger partial charge in [0.2, 0.25) is 5.88 Å². The van der Waals surface area contributed by atoms with Gasteiger partial charge in [-0.1, -0.05) is 0 Å². The normalized spacial score (nSPS) is 12.1. The van der Waals surface area contributed by atoms with Crippen LogP contribution < -0.4 is 5.56 Å². The number of rotatable bonds is 6. The molecule has 142 valence electrons. The number of aromatic amines is 1. The van der Waals surface area contributed by atoms with Crippen LogP contribution in [0.25, 0.3) is 0 Å². The standard InChI is InChI=1S/C16H18N6O5/c1-5-27-16(25)11-7-18-20-13(11)21-19-12-8(2)10(6-17)14(23)22(15(12)24)9(3)26-4/h7,9,23H,5H2,1-4H3,(H,18,20). The number of ether oxygens (including phenoxy) is 2. The number of nitriles is 1. The van der Waals surface area contributed by atoms with E-state index in [0.29, 0.717) is 0 Å². The molecule has 0 aromatic carbocycles. The van der Waals surface area contributed by atoms with E-state index in [4.69, 9.17) is 9.47 Å². The van der Waals surface area contributed by atoms with Crippen LogP contribution in [0.15, 0.2) is 21.2 Å². The van der Waals surface area contributed by atoms with Gasteiger partial charge in [0.15, 0.2) is 11.5 Å². The average Bonchev–Trinajstić information content (AvgIpc) is 3.10. The maximum absolute atomic E-state index is 12.7. The molecule has 0 saturated heterocycles. The molecule has 0 fully saturated rings. The van der Waals surface area contributed by atoms with E-state index in [9.17, 15) is 20.0 Å². The summed E-state index contributed by atoms with van der Waals surface area (Å²) in [6, 6.07) is 1.83. The number of hydrogen-bond donors (Lipinski definition) is 2. The quantitative estimate of drug-likeness (QED) is 0.580. The van der Waals surface area contributed by atoms with E-state index in [-0.39, 0.29) is 34.8 Å². The number of H-pyrrole nitrogens is 1. The predicted molar refractivity (Wildman–Crippen MR) is 92.3 cm³/mol. The molecule has 1 unspecified atom stereocenters. The fourth-order valence-corrected chi connectivity index (χ4v) is 2.29. The van der Waals surface area contributed by atoms with Crippen molar-refractivity contribution >= 4 is 17.5 Å². The van der Waals surface area contributed by atoms with Crippen molar-refractivity contribution in [2.45, 2.75) is 27.0 Å². The third-order valence-corrected chi connectivity index (χ3v) is 3.78. The minimum absolute atomic E-state index is 0.00910. The largest absolute Gasteiger partial charge is 0.493 e. The first-order valence-electron chi connectivity index (χ1n) is 7.90. The molecule has 0 amide bonds. The topological polar surface area (TPSA) is 155 Å². The van der Waals surface area contributed by atoms with Crippen molar-refractivity contribution in [1.29, 1.82) is 5.26 Å². The van der Waals surface area contributed by atoms with Crippen molar-refractivity contribution in [3.8, 4) is 11.9 Å². The summed E-state index contributed by atoms with van der Waals surface area (Å²) in [5, 5.41) is 33.4. The molecule has 1 atom stereocenters. The summed E-state index contributed by atoms with van der Waals surface area (Å²) < 4.78 is 10.8. The number of hydrogen-bond acceptors (Lipinski definition) is 9. The summed E-state index contributed by atoms with van der Waals surface area (Å²) in [5.41, 5.74) is -0.844. The van der Waals surface area contributed by atoms with Gasteiger partial charge in [0, 0.05) is 12.7 Å². The van der Waals surface area contributed by atoms with Crippen LogP contribution in [0, 0.1) is 18.3 Å². The Morgan fingerprint density at radius 2 is 2.22 bits per heavy atom. The number of carbonyl (C=O) groups excluding carboxylic acids is 1. The fourth-order valence-electron chi connectivity index (χ4n) is 2.29. The first-order valence-corrected chi connectivity index (χ1v) is 7.90. The van der Waals surface area contributed by atoms with Gasteiger partial charge in [0.25, 0.3) is 5.56 Å². The number of azo groups is 1. The van der Waals surface area contributed by atoms with Crippen molar-refractivity contribution in [2.24, 2.45) is 10.2 Å². The van der Waals surface area contributed by atoms with Gasteiger partial charge < -0.3 is 14.6 Å². The monoisotopic (exact) mass is 374 g/mol. The lowest BCUT2D eigenvalue weighted by Gasteiger charge is -2.17. The molecule has 0 aliphatic carbocycles. The molecule has 0 aliphatic rings. The molecule has 0 aliphatic heterocycles. The second-order valence-corrected chi connectivity index (χ2v) is 5.35. The molecule has 2 heterocycles. The lowest BCUT2D eigenvalue weighted by atomic mass is 10.1. The fraction of sp³-hybridized carbons (Fsp3) is 0.375.